The minimum absolute atomic E-state index is 0.353. The van der Waals surface area contributed by atoms with Crippen molar-refractivity contribution in [2.45, 2.75) is 32.4 Å². The Morgan fingerprint density at radius 2 is 1.84 bits per heavy atom. The summed E-state index contributed by atoms with van der Waals surface area (Å²) in [5.74, 6) is 0.951. The molecule has 3 aromatic carbocycles. The van der Waals surface area contributed by atoms with Crippen LogP contribution in [0.5, 0.6) is 11.5 Å². The Labute approximate surface area is 298 Å². The van der Waals surface area contributed by atoms with Crippen LogP contribution in [0.25, 0.3) is 5.57 Å². The highest BCUT2D eigenvalue weighted by molar-refractivity contribution is 7.10. The molecule has 1 aliphatic heterocycles. The van der Waals surface area contributed by atoms with Gasteiger partial charge in [0, 0.05) is 29.5 Å². The summed E-state index contributed by atoms with van der Waals surface area (Å²) in [5, 5.41) is 2.67. The van der Waals surface area contributed by atoms with E-state index in [1.54, 1.807) is 11.3 Å². The Bertz CT molecular complexity index is 1950. The van der Waals surface area contributed by atoms with Crippen LogP contribution in [-0.4, -0.2) is 49.6 Å². The van der Waals surface area contributed by atoms with E-state index in [2.05, 4.69) is 58.2 Å². The van der Waals surface area contributed by atoms with E-state index in [0.717, 1.165) is 65.1 Å². The summed E-state index contributed by atoms with van der Waals surface area (Å²) in [4.78, 5) is 19.9. The molecule has 5 nitrogen and oxygen atoms in total. The van der Waals surface area contributed by atoms with Gasteiger partial charge >= 0.3 is 5.97 Å². The van der Waals surface area contributed by atoms with Crippen LogP contribution in [0.1, 0.15) is 46.5 Å². The highest BCUT2D eigenvalue weighted by Crippen LogP contribution is 2.37. The van der Waals surface area contributed by atoms with Crippen LogP contribution in [0.2, 0.25) is 5.02 Å². The third kappa shape index (κ3) is 8.42. The highest BCUT2D eigenvalue weighted by Gasteiger charge is 2.34. The van der Waals surface area contributed by atoms with Gasteiger partial charge in [-0.1, -0.05) is 79.2 Å². The highest BCUT2D eigenvalue weighted by atomic mass is 35.5. The number of carbonyl (C=O) groups excluding carboxylic acids is 1. The fraction of sp³-hybridized carbons (Fsp3) is 0.238. The van der Waals surface area contributed by atoms with Gasteiger partial charge in [0.05, 0.1) is 0 Å². The zero-order valence-corrected chi connectivity index (χ0v) is 29.8. The molecule has 0 saturated carbocycles. The van der Waals surface area contributed by atoms with E-state index in [1.165, 1.54) is 10.4 Å². The molecular formula is C42H41ClN2O3S. The van der Waals surface area contributed by atoms with Crippen molar-refractivity contribution in [3.05, 3.63) is 164 Å². The van der Waals surface area contributed by atoms with E-state index in [1.807, 2.05) is 93.0 Å². The average molecular weight is 689 g/mol. The van der Waals surface area contributed by atoms with Crippen molar-refractivity contribution in [1.82, 2.24) is 9.80 Å². The molecule has 0 amide bonds. The van der Waals surface area contributed by atoms with Crippen LogP contribution >= 0.6 is 22.9 Å². The van der Waals surface area contributed by atoms with Crippen molar-refractivity contribution in [3.63, 3.8) is 0 Å². The van der Waals surface area contributed by atoms with Crippen LogP contribution in [0, 0.1) is 0 Å². The lowest BCUT2D eigenvalue weighted by Gasteiger charge is -2.33. The fourth-order valence-electron chi connectivity index (χ4n) is 6.30. The van der Waals surface area contributed by atoms with E-state index in [9.17, 15) is 4.79 Å². The quantitative estimate of drug-likeness (QED) is 0.0843. The van der Waals surface area contributed by atoms with Crippen molar-refractivity contribution in [3.8, 4) is 11.5 Å². The molecule has 1 aromatic heterocycles. The van der Waals surface area contributed by atoms with Gasteiger partial charge < -0.3 is 14.4 Å². The van der Waals surface area contributed by atoms with Gasteiger partial charge in [0.15, 0.2) is 0 Å². The Kier molecular flexibility index (Phi) is 11.5. The maximum absolute atomic E-state index is 14.2. The van der Waals surface area contributed by atoms with Gasteiger partial charge in [-0.3, -0.25) is 4.90 Å². The molecule has 0 N–H and O–H groups in total. The zero-order valence-electron chi connectivity index (χ0n) is 28.2. The van der Waals surface area contributed by atoms with Gasteiger partial charge in [0.1, 0.15) is 24.1 Å². The molecule has 0 radical (unpaired) electrons. The second kappa shape index (κ2) is 16.3. The predicted molar refractivity (Wildman–Crippen MR) is 201 cm³/mol. The molecule has 1 unspecified atom stereocenters. The topological polar surface area (TPSA) is 42.0 Å². The second-order valence-electron chi connectivity index (χ2n) is 12.3. The number of thiophene rings is 1. The van der Waals surface area contributed by atoms with E-state index in [-0.39, 0.29) is 5.97 Å². The lowest BCUT2D eigenvalue weighted by Crippen LogP contribution is -2.39. The first-order valence-corrected chi connectivity index (χ1v) is 17.9. The Morgan fingerprint density at radius 3 is 2.63 bits per heavy atom. The fourth-order valence-corrected chi connectivity index (χ4v) is 7.42. The molecule has 49 heavy (non-hydrogen) atoms. The number of fused-ring (bicyclic) bond motifs is 1. The molecule has 2 aliphatic rings. The molecule has 250 valence electrons. The summed E-state index contributed by atoms with van der Waals surface area (Å²) in [6.45, 7) is 5.02. The van der Waals surface area contributed by atoms with Gasteiger partial charge in [-0.25, -0.2) is 4.79 Å². The first-order chi connectivity index (χ1) is 23.9. The molecular weight excluding hydrogens is 648 g/mol. The Hall–Kier alpha value is -4.42. The van der Waals surface area contributed by atoms with Crippen LogP contribution in [0.4, 0.5) is 0 Å². The minimum atomic E-state index is -0.647. The third-order valence-corrected chi connectivity index (χ3v) is 10.1. The maximum atomic E-state index is 14.2. The molecule has 6 rings (SSSR count). The number of likely N-dealkylation sites (N-methyl/N-ethyl adjacent to an activating group) is 1. The maximum Gasteiger partial charge on any atom is 0.333 e. The number of esters is 1. The normalized spacial score (nSPS) is 15.3. The Morgan fingerprint density at radius 1 is 1.00 bits per heavy atom. The van der Waals surface area contributed by atoms with Crippen molar-refractivity contribution in [1.29, 1.82) is 0 Å². The smallest absolute Gasteiger partial charge is 0.333 e. The van der Waals surface area contributed by atoms with E-state index in [4.69, 9.17) is 21.1 Å². The molecule has 1 aliphatic carbocycles. The SMILES string of the molecule is CCC(C1=CC=CC=C=C1)=C(c1ccc(OCCN(C)C)cc1)c1cccc(OC(=O)C(c2ccccc2Cl)N2CCc3sccc3C2)c1. The lowest BCUT2D eigenvalue weighted by molar-refractivity contribution is -0.141. The monoisotopic (exact) mass is 688 g/mol. The number of rotatable bonds is 12. The van der Waals surface area contributed by atoms with Crippen LogP contribution in [0.15, 0.2) is 132 Å². The number of nitrogens with zero attached hydrogens (tertiary/aromatic N) is 2. The summed E-state index contributed by atoms with van der Waals surface area (Å²) in [7, 11) is 4.07. The Balaban J connectivity index is 1.35. The number of halogens is 1. The molecule has 2 heterocycles. The number of carbonyl (C=O) groups is 1. The van der Waals surface area contributed by atoms with Gasteiger partial charge in [-0.05, 0) is 120 Å². The molecule has 0 spiro atoms. The molecule has 0 saturated heterocycles. The molecule has 1 atom stereocenters. The molecule has 7 heteroatoms. The molecule has 4 aromatic rings. The standard InChI is InChI=1S/C42H41ClN2O3S/c1-4-36(30-12-7-5-6-8-13-30)40(31-18-20-34(21-19-31)47-26-25-44(2)3)32-14-11-15-35(28-32)48-42(46)41(37-16-9-10-17-38(37)43)45-24-22-39-33(29-45)23-27-49-39/h5-7,9-21,23,27-28,41H,4,22,24-26,29H2,1-3H3. The summed E-state index contributed by atoms with van der Waals surface area (Å²) in [6, 6.07) is 25.1. The van der Waals surface area contributed by atoms with Gasteiger partial charge in [-0.15, -0.1) is 17.1 Å². The van der Waals surface area contributed by atoms with E-state index in [0.29, 0.717) is 23.9 Å². The average Bonchev–Trinajstić information content (AvgIpc) is 3.41. The van der Waals surface area contributed by atoms with Crippen molar-refractivity contribution in [2.75, 3.05) is 33.8 Å². The number of hydrogen-bond donors (Lipinski definition) is 0. The lowest BCUT2D eigenvalue weighted by atomic mass is 9.87. The first kappa shape index (κ1) is 34.4. The largest absolute Gasteiger partial charge is 0.492 e. The molecule has 0 fully saturated rings. The summed E-state index contributed by atoms with van der Waals surface area (Å²) in [6.07, 6.45) is 11.7. The van der Waals surface area contributed by atoms with Gasteiger partial charge in [0.25, 0.3) is 0 Å². The van der Waals surface area contributed by atoms with Crippen molar-refractivity contribution in [2.24, 2.45) is 0 Å². The summed E-state index contributed by atoms with van der Waals surface area (Å²) >= 11 is 8.49. The summed E-state index contributed by atoms with van der Waals surface area (Å²) < 4.78 is 12.3. The second-order valence-corrected chi connectivity index (χ2v) is 13.7. The summed E-state index contributed by atoms with van der Waals surface area (Å²) in [5.41, 5.74) is 10.6. The number of ether oxygens (including phenoxy) is 2. The number of hydrogen-bond acceptors (Lipinski definition) is 6. The van der Waals surface area contributed by atoms with Crippen LogP contribution in [-0.2, 0) is 17.8 Å². The predicted octanol–water partition coefficient (Wildman–Crippen LogP) is 9.47. The van der Waals surface area contributed by atoms with Gasteiger partial charge in [0.2, 0.25) is 0 Å². The number of benzene rings is 3. The first-order valence-electron chi connectivity index (χ1n) is 16.7. The van der Waals surface area contributed by atoms with E-state index < -0.39 is 6.04 Å². The molecule has 0 bridgehead atoms. The third-order valence-electron chi connectivity index (χ3n) is 8.74. The van der Waals surface area contributed by atoms with E-state index >= 15 is 0 Å². The minimum Gasteiger partial charge on any atom is -0.492 e. The zero-order chi connectivity index (χ0) is 34.2. The van der Waals surface area contributed by atoms with Crippen LogP contribution in [0.3, 0.4) is 0 Å². The van der Waals surface area contributed by atoms with Crippen molar-refractivity contribution >= 4 is 34.5 Å². The van der Waals surface area contributed by atoms with Gasteiger partial charge in [-0.2, -0.15) is 0 Å². The van der Waals surface area contributed by atoms with Crippen LogP contribution < -0.4 is 9.47 Å². The number of allylic oxidation sites excluding steroid dienone is 6. The van der Waals surface area contributed by atoms with Crippen molar-refractivity contribution < 1.29 is 14.3 Å².